The molecule has 8 aromatic rings. The van der Waals surface area contributed by atoms with Gasteiger partial charge in [0.25, 0.3) is 0 Å². The van der Waals surface area contributed by atoms with Gasteiger partial charge in [-0.15, -0.1) is 11.3 Å². The van der Waals surface area contributed by atoms with Gasteiger partial charge in [-0.1, -0.05) is 54.6 Å². The number of hydrogen-bond acceptors (Lipinski definition) is 4. The van der Waals surface area contributed by atoms with Gasteiger partial charge in [-0.3, -0.25) is 9.38 Å². The van der Waals surface area contributed by atoms with Gasteiger partial charge >= 0.3 is 0 Å². The number of aromatic nitrogens is 4. The fourth-order valence-corrected chi connectivity index (χ4v) is 6.39. The molecule has 0 bridgehead atoms. The fourth-order valence-electron chi connectivity index (χ4n) is 5.30. The van der Waals surface area contributed by atoms with Crippen LogP contribution in [0.3, 0.4) is 0 Å². The van der Waals surface area contributed by atoms with Crippen LogP contribution in [0.15, 0.2) is 109 Å². The standard InChI is InChI=1S/C31H18N4S/c1-2-8-19(9-3-1)27-29(20-14-15-26-24(18-20)21-10-4-5-13-25(21)36-26)35-30-22(11-7-17-33-30)28-23(31(35)34-27)12-6-16-32-28/h1-18H. The van der Waals surface area contributed by atoms with E-state index in [1.807, 2.05) is 41.9 Å². The van der Waals surface area contributed by atoms with Gasteiger partial charge in [0.2, 0.25) is 0 Å². The summed E-state index contributed by atoms with van der Waals surface area (Å²) < 4.78 is 4.81. The lowest BCUT2D eigenvalue weighted by molar-refractivity contribution is 1.20. The highest BCUT2D eigenvalue weighted by Gasteiger charge is 2.22. The first-order chi connectivity index (χ1) is 17.9. The van der Waals surface area contributed by atoms with Gasteiger partial charge in [0.1, 0.15) is 11.3 Å². The summed E-state index contributed by atoms with van der Waals surface area (Å²) in [5.74, 6) is 0. The molecule has 3 aromatic carbocycles. The van der Waals surface area contributed by atoms with Crippen LogP contribution < -0.4 is 0 Å². The first-order valence-electron chi connectivity index (χ1n) is 11.9. The Hall–Kier alpha value is -4.61. The summed E-state index contributed by atoms with van der Waals surface area (Å²) in [7, 11) is 0. The molecule has 0 spiro atoms. The number of thiophene rings is 1. The maximum absolute atomic E-state index is 5.25. The van der Waals surface area contributed by atoms with Crippen LogP contribution in [0, 0.1) is 0 Å². The fraction of sp³-hybridized carbons (Fsp3) is 0. The Kier molecular flexibility index (Phi) is 4.07. The summed E-state index contributed by atoms with van der Waals surface area (Å²) in [6.07, 6.45) is 3.68. The molecule has 0 fully saturated rings. The molecule has 0 aliphatic heterocycles. The summed E-state index contributed by atoms with van der Waals surface area (Å²) >= 11 is 1.83. The molecule has 5 heterocycles. The van der Waals surface area contributed by atoms with E-state index in [0.29, 0.717) is 0 Å². The minimum Gasteiger partial charge on any atom is -0.275 e. The highest BCUT2D eigenvalue weighted by atomic mass is 32.1. The molecule has 0 N–H and O–H groups in total. The quantitative estimate of drug-likeness (QED) is 0.236. The zero-order valence-corrected chi connectivity index (χ0v) is 19.9. The van der Waals surface area contributed by atoms with Gasteiger partial charge in [0.15, 0.2) is 0 Å². The number of rotatable bonds is 2. The molecule has 5 heteroatoms. The number of nitrogens with zero attached hydrogens (tertiary/aromatic N) is 4. The van der Waals surface area contributed by atoms with Crippen LogP contribution in [0.25, 0.3) is 70.3 Å². The molecule has 0 atom stereocenters. The summed E-state index contributed by atoms with van der Waals surface area (Å²) in [4.78, 5) is 14.8. The molecule has 0 aliphatic carbocycles. The van der Waals surface area contributed by atoms with Gasteiger partial charge in [0.05, 0.1) is 16.9 Å². The lowest BCUT2D eigenvalue weighted by atomic mass is 10.0. The Morgan fingerprint density at radius 1 is 0.556 bits per heavy atom. The number of benzene rings is 3. The van der Waals surface area contributed by atoms with E-state index in [9.17, 15) is 0 Å². The van der Waals surface area contributed by atoms with Crippen LogP contribution in [-0.2, 0) is 0 Å². The Morgan fingerprint density at radius 2 is 1.28 bits per heavy atom. The number of imidazole rings is 1. The summed E-state index contributed by atoms with van der Waals surface area (Å²) in [6.45, 7) is 0. The van der Waals surface area contributed by atoms with E-state index >= 15 is 0 Å². The van der Waals surface area contributed by atoms with E-state index in [4.69, 9.17) is 15.0 Å². The molecule has 0 unspecified atom stereocenters. The highest BCUT2D eigenvalue weighted by molar-refractivity contribution is 7.25. The van der Waals surface area contributed by atoms with Gasteiger partial charge in [-0.2, -0.15) is 0 Å². The maximum atomic E-state index is 5.25. The minimum atomic E-state index is 0.860. The molecule has 0 radical (unpaired) electrons. The van der Waals surface area contributed by atoms with E-state index in [1.54, 1.807) is 0 Å². The van der Waals surface area contributed by atoms with Crippen LogP contribution in [0.1, 0.15) is 0 Å². The minimum absolute atomic E-state index is 0.860. The predicted molar refractivity (Wildman–Crippen MR) is 150 cm³/mol. The largest absolute Gasteiger partial charge is 0.275 e. The van der Waals surface area contributed by atoms with Gasteiger partial charge in [-0.05, 0) is 42.5 Å². The molecule has 5 aromatic heterocycles. The predicted octanol–water partition coefficient (Wildman–Crippen LogP) is 8.13. The van der Waals surface area contributed by atoms with Crippen molar-refractivity contribution < 1.29 is 0 Å². The second kappa shape index (κ2) is 7.44. The van der Waals surface area contributed by atoms with Crippen molar-refractivity contribution in [3.63, 3.8) is 0 Å². The van der Waals surface area contributed by atoms with Crippen molar-refractivity contribution in [2.75, 3.05) is 0 Å². The monoisotopic (exact) mass is 478 g/mol. The zero-order chi connectivity index (χ0) is 23.6. The molecule has 36 heavy (non-hydrogen) atoms. The molecule has 0 amide bonds. The normalized spacial score (nSPS) is 11.9. The second-order valence-electron chi connectivity index (χ2n) is 8.92. The zero-order valence-electron chi connectivity index (χ0n) is 19.1. The SMILES string of the molecule is c1ccc(-c2nc3c4cccnc4c4cccnc4n3c2-c2ccc3sc4ccccc4c3c2)cc1. The molecular formula is C31H18N4S. The van der Waals surface area contributed by atoms with E-state index in [0.717, 1.165) is 50.1 Å². The van der Waals surface area contributed by atoms with Crippen LogP contribution in [0.4, 0.5) is 0 Å². The average molecular weight is 479 g/mol. The Balaban J connectivity index is 1.58. The van der Waals surface area contributed by atoms with Gasteiger partial charge < -0.3 is 0 Å². The van der Waals surface area contributed by atoms with Crippen molar-refractivity contribution in [2.45, 2.75) is 0 Å². The average Bonchev–Trinajstić information content (AvgIpc) is 3.53. The second-order valence-corrected chi connectivity index (χ2v) is 10.0. The third-order valence-electron chi connectivity index (χ3n) is 6.88. The lowest BCUT2D eigenvalue weighted by Gasteiger charge is -2.10. The molecule has 0 saturated heterocycles. The van der Waals surface area contributed by atoms with Crippen molar-refractivity contribution >= 4 is 59.1 Å². The smallest absolute Gasteiger partial charge is 0.149 e. The maximum Gasteiger partial charge on any atom is 0.149 e. The Bertz CT molecular complexity index is 2100. The van der Waals surface area contributed by atoms with E-state index in [-0.39, 0.29) is 0 Å². The van der Waals surface area contributed by atoms with Crippen LogP contribution in [0.5, 0.6) is 0 Å². The topological polar surface area (TPSA) is 43.1 Å². The Labute approximate surface area is 210 Å². The molecule has 0 saturated carbocycles. The molecule has 168 valence electrons. The van der Waals surface area contributed by atoms with Crippen LogP contribution in [0.2, 0.25) is 0 Å². The number of fused-ring (bicyclic) bond motifs is 9. The van der Waals surface area contributed by atoms with Crippen LogP contribution in [-0.4, -0.2) is 19.4 Å². The van der Waals surface area contributed by atoms with E-state index < -0.39 is 0 Å². The third-order valence-corrected chi connectivity index (χ3v) is 8.03. The van der Waals surface area contributed by atoms with E-state index in [1.165, 1.54) is 20.2 Å². The Morgan fingerprint density at radius 3 is 2.17 bits per heavy atom. The molecular weight excluding hydrogens is 460 g/mol. The summed E-state index contributed by atoms with van der Waals surface area (Å²) in [6, 6.07) is 34.0. The van der Waals surface area contributed by atoms with E-state index in [2.05, 4.69) is 83.3 Å². The van der Waals surface area contributed by atoms with Gasteiger partial charge in [0, 0.05) is 54.5 Å². The number of hydrogen-bond donors (Lipinski definition) is 0. The van der Waals surface area contributed by atoms with Crippen molar-refractivity contribution in [3.8, 4) is 22.5 Å². The molecule has 4 nitrogen and oxygen atoms in total. The third kappa shape index (κ3) is 2.72. The van der Waals surface area contributed by atoms with Gasteiger partial charge in [-0.25, -0.2) is 9.97 Å². The molecule has 0 aliphatic rings. The van der Waals surface area contributed by atoms with Crippen LogP contribution >= 0.6 is 11.3 Å². The lowest BCUT2D eigenvalue weighted by Crippen LogP contribution is -1.97. The summed E-state index contributed by atoms with van der Waals surface area (Å²) in [5, 5.41) is 4.58. The molecule has 8 rings (SSSR count). The van der Waals surface area contributed by atoms with Crippen molar-refractivity contribution in [3.05, 3.63) is 109 Å². The summed E-state index contributed by atoms with van der Waals surface area (Å²) in [5.41, 5.74) is 6.83. The first kappa shape index (κ1) is 19.7. The van der Waals surface area contributed by atoms with Crippen molar-refractivity contribution in [1.82, 2.24) is 19.4 Å². The van der Waals surface area contributed by atoms with Crippen molar-refractivity contribution in [1.29, 1.82) is 0 Å². The highest BCUT2D eigenvalue weighted by Crippen LogP contribution is 2.41. The van der Waals surface area contributed by atoms with Crippen molar-refractivity contribution in [2.24, 2.45) is 0 Å². The first-order valence-corrected chi connectivity index (χ1v) is 12.7. The number of pyridine rings is 3.